The fourth-order valence-electron chi connectivity index (χ4n) is 1.65. The highest BCUT2D eigenvalue weighted by atomic mass is 16.4. The van der Waals surface area contributed by atoms with Gasteiger partial charge in [0.25, 0.3) is 0 Å². The van der Waals surface area contributed by atoms with Gasteiger partial charge in [0.2, 0.25) is 17.7 Å². The van der Waals surface area contributed by atoms with Crippen LogP contribution in [-0.4, -0.2) is 35.9 Å². The van der Waals surface area contributed by atoms with Gasteiger partial charge in [-0.25, -0.2) is 4.98 Å². The summed E-state index contributed by atoms with van der Waals surface area (Å²) in [6.07, 6.45) is 0. The van der Waals surface area contributed by atoms with E-state index in [4.69, 9.17) is 4.42 Å². The Kier molecular flexibility index (Phi) is 3.61. The zero-order valence-corrected chi connectivity index (χ0v) is 10.4. The number of amides is 2. The molecule has 1 fully saturated rings. The van der Waals surface area contributed by atoms with Crippen molar-refractivity contribution >= 4 is 11.8 Å². The minimum absolute atomic E-state index is 0.0991. The van der Waals surface area contributed by atoms with Crippen molar-refractivity contribution in [3.05, 3.63) is 17.3 Å². The molecule has 18 heavy (non-hydrogen) atoms. The fraction of sp³-hybridized carbons (Fsp3) is 0.545. The number of hydrogen-bond acceptors (Lipinski definition) is 5. The van der Waals surface area contributed by atoms with Crippen LogP contribution in [0.4, 0.5) is 0 Å². The topological polar surface area (TPSA) is 96.3 Å². The third-order valence-electron chi connectivity index (χ3n) is 2.82. The van der Waals surface area contributed by atoms with Crippen LogP contribution in [0, 0.1) is 13.8 Å². The number of carbonyl (C=O) groups is 2. The van der Waals surface area contributed by atoms with Gasteiger partial charge in [0.05, 0.1) is 18.8 Å². The zero-order valence-electron chi connectivity index (χ0n) is 10.4. The molecule has 1 saturated heterocycles. The van der Waals surface area contributed by atoms with Gasteiger partial charge in [-0.15, -0.1) is 0 Å². The molecule has 0 radical (unpaired) electrons. The molecule has 2 amide bonds. The molecule has 0 aromatic carbocycles. The van der Waals surface area contributed by atoms with E-state index in [-0.39, 0.29) is 24.9 Å². The fourth-order valence-corrected chi connectivity index (χ4v) is 1.65. The van der Waals surface area contributed by atoms with Crippen molar-refractivity contribution in [3.8, 4) is 0 Å². The molecule has 1 aromatic rings. The Hall–Kier alpha value is -1.89. The molecule has 3 N–H and O–H groups in total. The molecule has 7 heteroatoms. The van der Waals surface area contributed by atoms with Crippen LogP contribution in [0.3, 0.4) is 0 Å². The van der Waals surface area contributed by atoms with E-state index in [1.54, 1.807) is 0 Å². The summed E-state index contributed by atoms with van der Waals surface area (Å²) in [7, 11) is 0. The van der Waals surface area contributed by atoms with Crippen molar-refractivity contribution in [3.63, 3.8) is 0 Å². The van der Waals surface area contributed by atoms with E-state index in [1.807, 2.05) is 13.8 Å². The van der Waals surface area contributed by atoms with Crippen molar-refractivity contribution < 1.29 is 14.0 Å². The molecule has 2 heterocycles. The molecule has 2 rings (SSSR count). The lowest BCUT2D eigenvalue weighted by Crippen LogP contribution is -2.57. The Labute approximate surface area is 104 Å². The van der Waals surface area contributed by atoms with Gasteiger partial charge in [-0.3, -0.25) is 14.9 Å². The van der Waals surface area contributed by atoms with Gasteiger partial charge in [-0.05, 0) is 13.8 Å². The predicted molar refractivity (Wildman–Crippen MR) is 62.6 cm³/mol. The Morgan fingerprint density at radius 1 is 1.56 bits per heavy atom. The number of oxazole rings is 1. The number of nitrogens with one attached hydrogen (secondary N) is 3. The predicted octanol–water partition coefficient (Wildman–Crippen LogP) is -1.00. The molecule has 1 aliphatic heterocycles. The van der Waals surface area contributed by atoms with Gasteiger partial charge in [0.15, 0.2) is 0 Å². The molecule has 7 nitrogen and oxygen atoms in total. The first-order chi connectivity index (χ1) is 8.56. The van der Waals surface area contributed by atoms with E-state index >= 15 is 0 Å². The van der Waals surface area contributed by atoms with Gasteiger partial charge in [-0.1, -0.05) is 0 Å². The van der Waals surface area contributed by atoms with Crippen molar-refractivity contribution in [1.82, 2.24) is 20.9 Å². The number of nitrogens with zero attached hydrogens (tertiary/aromatic N) is 1. The Morgan fingerprint density at radius 3 is 2.89 bits per heavy atom. The lowest BCUT2D eigenvalue weighted by molar-refractivity contribution is -0.126. The third-order valence-corrected chi connectivity index (χ3v) is 2.82. The monoisotopic (exact) mass is 252 g/mol. The average Bonchev–Trinajstić information content (AvgIpc) is 2.67. The van der Waals surface area contributed by atoms with Gasteiger partial charge < -0.3 is 15.1 Å². The number of piperazine rings is 1. The first-order valence-electron chi connectivity index (χ1n) is 5.77. The van der Waals surface area contributed by atoms with E-state index in [0.29, 0.717) is 12.4 Å². The van der Waals surface area contributed by atoms with E-state index in [9.17, 15) is 9.59 Å². The molecular formula is C11H16N4O3. The molecular weight excluding hydrogens is 236 g/mol. The number of aryl methyl sites for hydroxylation is 2. The van der Waals surface area contributed by atoms with Crippen molar-refractivity contribution in [2.75, 3.05) is 13.1 Å². The minimum atomic E-state index is -0.403. The normalized spacial score (nSPS) is 19.4. The summed E-state index contributed by atoms with van der Waals surface area (Å²) in [5.74, 6) is 0.960. The van der Waals surface area contributed by atoms with Crippen LogP contribution < -0.4 is 16.0 Å². The van der Waals surface area contributed by atoms with Crippen LogP contribution >= 0.6 is 0 Å². The Balaban J connectivity index is 1.83. The summed E-state index contributed by atoms with van der Waals surface area (Å²) in [6.45, 7) is 4.39. The summed E-state index contributed by atoms with van der Waals surface area (Å²) < 4.78 is 5.35. The summed E-state index contributed by atoms with van der Waals surface area (Å²) in [6, 6.07) is -0.403. The average molecular weight is 252 g/mol. The second-order valence-electron chi connectivity index (χ2n) is 4.20. The highest BCUT2D eigenvalue weighted by molar-refractivity contribution is 5.86. The van der Waals surface area contributed by atoms with Crippen molar-refractivity contribution in [2.24, 2.45) is 0 Å². The smallest absolute Gasteiger partial charge is 0.239 e. The number of aromatic nitrogens is 1. The molecule has 1 aromatic heterocycles. The highest BCUT2D eigenvalue weighted by Crippen LogP contribution is 2.07. The molecule has 98 valence electrons. The molecule has 0 aliphatic carbocycles. The van der Waals surface area contributed by atoms with Gasteiger partial charge in [0, 0.05) is 6.54 Å². The van der Waals surface area contributed by atoms with Crippen molar-refractivity contribution in [2.45, 2.75) is 26.4 Å². The van der Waals surface area contributed by atoms with Gasteiger partial charge in [0.1, 0.15) is 11.8 Å². The lowest BCUT2D eigenvalue weighted by Gasteiger charge is -2.22. The summed E-state index contributed by atoms with van der Waals surface area (Å²) in [5, 5.41) is 8.18. The summed E-state index contributed by atoms with van der Waals surface area (Å²) in [4.78, 5) is 26.9. The lowest BCUT2D eigenvalue weighted by atomic mass is 10.2. The van der Waals surface area contributed by atoms with Crippen LogP contribution in [0.25, 0.3) is 0 Å². The van der Waals surface area contributed by atoms with Gasteiger partial charge >= 0.3 is 0 Å². The van der Waals surface area contributed by atoms with Crippen molar-refractivity contribution in [1.29, 1.82) is 0 Å². The number of rotatable bonds is 3. The number of carbonyl (C=O) groups excluding carboxylic acids is 2. The molecule has 0 saturated carbocycles. The third kappa shape index (κ3) is 2.86. The van der Waals surface area contributed by atoms with Crippen LogP contribution in [0.5, 0.6) is 0 Å². The molecule has 1 atom stereocenters. The zero-order chi connectivity index (χ0) is 13.1. The number of hydrogen-bond donors (Lipinski definition) is 3. The Morgan fingerprint density at radius 2 is 2.33 bits per heavy atom. The maximum atomic E-state index is 11.8. The maximum Gasteiger partial charge on any atom is 0.239 e. The second kappa shape index (κ2) is 5.18. The minimum Gasteiger partial charge on any atom is -0.444 e. The van der Waals surface area contributed by atoms with E-state index in [0.717, 1.165) is 11.5 Å². The second-order valence-corrected chi connectivity index (χ2v) is 4.20. The quantitative estimate of drug-likeness (QED) is 0.641. The molecule has 0 bridgehead atoms. The summed E-state index contributed by atoms with van der Waals surface area (Å²) in [5.41, 5.74) is 0.822. The van der Waals surface area contributed by atoms with Crippen LogP contribution in [0.2, 0.25) is 0 Å². The van der Waals surface area contributed by atoms with E-state index in [2.05, 4.69) is 20.9 Å². The SMILES string of the molecule is Cc1nc(CNC(=O)C2CNC(=O)CN2)oc1C. The largest absolute Gasteiger partial charge is 0.444 e. The van der Waals surface area contributed by atoms with E-state index in [1.165, 1.54) is 0 Å². The van der Waals surface area contributed by atoms with Gasteiger partial charge in [-0.2, -0.15) is 0 Å². The van der Waals surface area contributed by atoms with Crippen LogP contribution in [-0.2, 0) is 16.1 Å². The first-order valence-corrected chi connectivity index (χ1v) is 5.77. The molecule has 1 aliphatic rings. The first kappa shape index (κ1) is 12.6. The standard InChI is InChI=1S/C11H16N4O3/c1-6-7(2)18-10(15-6)5-14-11(17)8-3-13-9(16)4-12-8/h8,12H,3-5H2,1-2H3,(H,13,16)(H,14,17). The molecule has 0 spiro atoms. The summed E-state index contributed by atoms with van der Waals surface area (Å²) >= 11 is 0. The van der Waals surface area contributed by atoms with Crippen LogP contribution in [0.1, 0.15) is 17.3 Å². The van der Waals surface area contributed by atoms with Crippen LogP contribution in [0.15, 0.2) is 4.42 Å². The van der Waals surface area contributed by atoms with E-state index < -0.39 is 6.04 Å². The highest BCUT2D eigenvalue weighted by Gasteiger charge is 2.23. The maximum absolute atomic E-state index is 11.8. The Bertz CT molecular complexity index is 439. The molecule has 1 unspecified atom stereocenters.